The van der Waals surface area contributed by atoms with Gasteiger partial charge in [0.2, 0.25) is 0 Å². The number of rotatable bonds is 4. The van der Waals surface area contributed by atoms with Crippen molar-refractivity contribution < 1.29 is 9.90 Å². The highest BCUT2D eigenvalue weighted by atomic mass is 16.4. The summed E-state index contributed by atoms with van der Waals surface area (Å²) in [5.41, 5.74) is 3.67. The minimum absolute atomic E-state index is 0.0239. The van der Waals surface area contributed by atoms with Crippen LogP contribution in [0.3, 0.4) is 0 Å². The SMILES string of the molecule is Cc1nc2ccccc2c(N(C)C2CCCCC2)c1CC(=O)O. The molecule has 0 saturated heterocycles. The van der Waals surface area contributed by atoms with Gasteiger partial charge in [-0.3, -0.25) is 9.78 Å². The van der Waals surface area contributed by atoms with Crippen molar-refractivity contribution >= 4 is 22.6 Å². The number of para-hydroxylation sites is 1. The molecule has 1 aliphatic carbocycles. The number of benzene rings is 1. The van der Waals surface area contributed by atoms with Crippen LogP contribution in [0, 0.1) is 6.92 Å². The van der Waals surface area contributed by atoms with Crippen molar-refractivity contribution in [3.63, 3.8) is 0 Å². The summed E-state index contributed by atoms with van der Waals surface area (Å²) in [6.45, 7) is 1.92. The summed E-state index contributed by atoms with van der Waals surface area (Å²) in [5, 5.41) is 10.4. The Bertz CT molecular complexity index is 721. The van der Waals surface area contributed by atoms with Gasteiger partial charge in [-0.05, 0) is 25.8 Å². The maximum Gasteiger partial charge on any atom is 0.307 e. The van der Waals surface area contributed by atoms with Crippen molar-refractivity contribution in [1.29, 1.82) is 0 Å². The zero-order valence-corrected chi connectivity index (χ0v) is 13.9. The first-order chi connectivity index (χ1) is 11.1. The topological polar surface area (TPSA) is 53.4 Å². The van der Waals surface area contributed by atoms with Crippen molar-refractivity contribution in [2.75, 3.05) is 11.9 Å². The lowest BCUT2D eigenvalue weighted by atomic mass is 9.92. The molecular formula is C19H24N2O2. The predicted octanol–water partition coefficient (Wildman–Crippen LogP) is 3.94. The Balaban J connectivity index is 2.15. The molecule has 23 heavy (non-hydrogen) atoms. The molecule has 1 aromatic carbocycles. The van der Waals surface area contributed by atoms with Crippen LogP contribution in [0.2, 0.25) is 0 Å². The largest absolute Gasteiger partial charge is 0.481 e. The smallest absolute Gasteiger partial charge is 0.307 e. The first-order valence-electron chi connectivity index (χ1n) is 8.40. The summed E-state index contributed by atoms with van der Waals surface area (Å²) in [4.78, 5) is 18.3. The number of hydrogen-bond acceptors (Lipinski definition) is 3. The Morgan fingerprint density at radius 3 is 2.65 bits per heavy atom. The molecule has 3 rings (SSSR count). The van der Waals surface area contributed by atoms with E-state index in [1.54, 1.807) is 0 Å². The van der Waals surface area contributed by atoms with E-state index in [0.717, 1.165) is 27.8 Å². The van der Waals surface area contributed by atoms with Crippen LogP contribution in [0.5, 0.6) is 0 Å². The predicted molar refractivity (Wildman–Crippen MR) is 93.1 cm³/mol. The van der Waals surface area contributed by atoms with Gasteiger partial charge in [-0.15, -0.1) is 0 Å². The number of hydrogen-bond donors (Lipinski definition) is 1. The van der Waals surface area contributed by atoms with E-state index in [1.807, 2.05) is 25.1 Å². The monoisotopic (exact) mass is 312 g/mol. The first-order valence-corrected chi connectivity index (χ1v) is 8.40. The molecule has 1 aromatic heterocycles. The molecule has 1 fully saturated rings. The molecule has 2 aromatic rings. The molecule has 0 atom stereocenters. The van der Waals surface area contributed by atoms with E-state index >= 15 is 0 Å². The number of pyridine rings is 1. The van der Waals surface area contributed by atoms with Crippen LogP contribution in [0.4, 0.5) is 5.69 Å². The summed E-state index contributed by atoms with van der Waals surface area (Å²) in [7, 11) is 2.11. The summed E-state index contributed by atoms with van der Waals surface area (Å²) >= 11 is 0. The molecular weight excluding hydrogens is 288 g/mol. The second-order valence-corrected chi connectivity index (χ2v) is 6.51. The number of anilines is 1. The molecule has 1 saturated carbocycles. The van der Waals surface area contributed by atoms with Crippen molar-refractivity contribution in [2.45, 2.75) is 51.5 Å². The summed E-state index contributed by atoms with van der Waals surface area (Å²) in [6, 6.07) is 8.53. The Labute approximate surface area is 137 Å². The molecule has 1 heterocycles. The number of carboxylic acids is 1. The van der Waals surface area contributed by atoms with Crippen LogP contribution in [-0.4, -0.2) is 29.1 Å². The highest BCUT2D eigenvalue weighted by Crippen LogP contribution is 2.35. The third-order valence-electron chi connectivity index (χ3n) is 4.97. The molecule has 4 nitrogen and oxygen atoms in total. The van der Waals surface area contributed by atoms with Gasteiger partial charge in [0.1, 0.15) is 0 Å². The fourth-order valence-electron chi connectivity index (χ4n) is 3.77. The molecule has 122 valence electrons. The van der Waals surface area contributed by atoms with Gasteiger partial charge in [-0.25, -0.2) is 0 Å². The van der Waals surface area contributed by atoms with Crippen molar-refractivity contribution in [3.05, 3.63) is 35.5 Å². The number of aromatic nitrogens is 1. The van der Waals surface area contributed by atoms with Gasteiger partial charge < -0.3 is 10.0 Å². The van der Waals surface area contributed by atoms with Crippen LogP contribution < -0.4 is 4.90 Å². The van der Waals surface area contributed by atoms with Gasteiger partial charge >= 0.3 is 5.97 Å². The summed E-state index contributed by atoms with van der Waals surface area (Å²) in [6.07, 6.45) is 6.20. The average molecular weight is 312 g/mol. The van der Waals surface area contributed by atoms with Gasteiger partial charge in [0.15, 0.2) is 0 Å². The van der Waals surface area contributed by atoms with Crippen molar-refractivity contribution in [2.24, 2.45) is 0 Å². The Morgan fingerprint density at radius 1 is 1.26 bits per heavy atom. The number of aryl methyl sites for hydroxylation is 1. The van der Waals surface area contributed by atoms with E-state index in [0.29, 0.717) is 6.04 Å². The fraction of sp³-hybridized carbons (Fsp3) is 0.474. The lowest BCUT2D eigenvalue weighted by molar-refractivity contribution is -0.136. The Hall–Kier alpha value is -2.10. The fourth-order valence-corrected chi connectivity index (χ4v) is 3.77. The zero-order valence-electron chi connectivity index (χ0n) is 13.9. The maximum absolute atomic E-state index is 11.4. The van der Waals surface area contributed by atoms with Gasteiger partial charge in [-0.1, -0.05) is 37.5 Å². The zero-order chi connectivity index (χ0) is 16.4. The number of carbonyl (C=O) groups is 1. The standard InChI is InChI=1S/C19H24N2O2/c1-13-16(12-18(22)23)19(15-10-6-7-11-17(15)20-13)21(2)14-8-4-3-5-9-14/h6-7,10-11,14H,3-5,8-9,12H2,1-2H3,(H,22,23). The van der Waals surface area contributed by atoms with E-state index in [4.69, 9.17) is 0 Å². The lowest BCUT2D eigenvalue weighted by Crippen LogP contribution is -2.34. The van der Waals surface area contributed by atoms with E-state index in [9.17, 15) is 9.90 Å². The molecule has 0 aliphatic heterocycles. The van der Waals surface area contributed by atoms with Gasteiger partial charge in [-0.2, -0.15) is 0 Å². The van der Waals surface area contributed by atoms with Gasteiger partial charge in [0, 0.05) is 29.7 Å². The number of nitrogens with zero attached hydrogens (tertiary/aromatic N) is 2. The van der Waals surface area contributed by atoms with E-state index in [-0.39, 0.29) is 6.42 Å². The van der Waals surface area contributed by atoms with Crippen LogP contribution in [0.1, 0.15) is 43.4 Å². The molecule has 0 bridgehead atoms. The first kappa shape index (κ1) is 15.8. The normalized spacial score (nSPS) is 15.7. The Kier molecular flexibility index (Phi) is 4.51. The van der Waals surface area contributed by atoms with Crippen LogP contribution >= 0.6 is 0 Å². The number of aliphatic carboxylic acids is 1. The number of carboxylic acid groups (broad SMARTS) is 1. The van der Waals surface area contributed by atoms with E-state index < -0.39 is 5.97 Å². The third-order valence-corrected chi connectivity index (χ3v) is 4.97. The van der Waals surface area contributed by atoms with Crippen LogP contribution in [0.25, 0.3) is 10.9 Å². The molecule has 0 amide bonds. The molecule has 0 spiro atoms. The van der Waals surface area contributed by atoms with Crippen LogP contribution in [-0.2, 0) is 11.2 Å². The van der Waals surface area contributed by atoms with E-state index in [1.165, 1.54) is 32.1 Å². The summed E-state index contributed by atoms with van der Waals surface area (Å²) < 4.78 is 0. The highest BCUT2D eigenvalue weighted by Gasteiger charge is 2.24. The maximum atomic E-state index is 11.4. The minimum atomic E-state index is -0.802. The minimum Gasteiger partial charge on any atom is -0.481 e. The van der Waals surface area contributed by atoms with Gasteiger partial charge in [0.25, 0.3) is 0 Å². The average Bonchev–Trinajstić information content (AvgIpc) is 2.55. The molecule has 0 radical (unpaired) electrons. The number of fused-ring (bicyclic) bond motifs is 1. The quantitative estimate of drug-likeness (QED) is 0.929. The second-order valence-electron chi connectivity index (χ2n) is 6.51. The summed E-state index contributed by atoms with van der Waals surface area (Å²) in [5.74, 6) is -0.802. The van der Waals surface area contributed by atoms with Gasteiger partial charge in [0.05, 0.1) is 17.6 Å². The second kappa shape index (κ2) is 6.57. The van der Waals surface area contributed by atoms with Crippen molar-refractivity contribution in [1.82, 2.24) is 4.98 Å². The van der Waals surface area contributed by atoms with Crippen molar-refractivity contribution in [3.8, 4) is 0 Å². The molecule has 1 N–H and O–H groups in total. The van der Waals surface area contributed by atoms with Crippen LogP contribution in [0.15, 0.2) is 24.3 Å². The third kappa shape index (κ3) is 3.16. The highest BCUT2D eigenvalue weighted by molar-refractivity contribution is 5.95. The lowest BCUT2D eigenvalue weighted by Gasteiger charge is -2.35. The molecule has 1 aliphatic rings. The molecule has 0 unspecified atom stereocenters. The molecule has 4 heteroatoms. The Morgan fingerprint density at radius 2 is 1.96 bits per heavy atom. The van der Waals surface area contributed by atoms with E-state index in [2.05, 4.69) is 23.0 Å².